The van der Waals surface area contributed by atoms with E-state index in [1.807, 2.05) is 37.3 Å². The lowest BCUT2D eigenvalue weighted by Gasteiger charge is -2.12. The molecule has 0 saturated heterocycles. The fourth-order valence-corrected chi connectivity index (χ4v) is 3.12. The van der Waals surface area contributed by atoms with Crippen LogP contribution in [-0.4, -0.2) is 29.5 Å². The van der Waals surface area contributed by atoms with E-state index in [4.69, 9.17) is 9.47 Å². The zero-order chi connectivity index (χ0) is 20.4. The summed E-state index contributed by atoms with van der Waals surface area (Å²) in [7, 11) is 4.84. The van der Waals surface area contributed by atoms with Crippen LogP contribution in [0.4, 0.5) is 5.69 Å². The highest BCUT2D eigenvalue weighted by molar-refractivity contribution is 6.05. The molecule has 0 radical (unpaired) electrons. The van der Waals surface area contributed by atoms with Crippen molar-refractivity contribution in [1.29, 1.82) is 0 Å². The van der Waals surface area contributed by atoms with Crippen molar-refractivity contribution in [1.82, 2.24) is 9.36 Å². The van der Waals surface area contributed by atoms with Gasteiger partial charge in [-0.25, -0.2) is 4.68 Å². The molecule has 0 atom stereocenters. The Morgan fingerprint density at radius 2 is 1.57 bits per heavy atom. The topological polar surface area (TPSA) is 74.5 Å². The highest BCUT2D eigenvalue weighted by atomic mass is 16.5. The second kappa shape index (κ2) is 7.64. The van der Waals surface area contributed by atoms with Crippen LogP contribution in [0.1, 0.15) is 21.6 Å². The number of hydrogen-bond acceptors (Lipinski definition) is 4. The lowest BCUT2D eigenvalue weighted by Crippen LogP contribution is -2.23. The van der Waals surface area contributed by atoms with Gasteiger partial charge >= 0.3 is 0 Å². The molecule has 1 amide bonds. The number of nitrogens with one attached hydrogen (secondary N) is 1. The second-order valence-corrected chi connectivity index (χ2v) is 6.40. The Balaban J connectivity index is 2.01. The first kappa shape index (κ1) is 19.3. The molecule has 0 aliphatic carbocycles. The molecular formula is C21H23N3O4. The maximum absolute atomic E-state index is 13.0. The van der Waals surface area contributed by atoms with E-state index in [1.54, 1.807) is 30.8 Å². The first-order chi connectivity index (χ1) is 13.4. The van der Waals surface area contributed by atoms with E-state index in [9.17, 15) is 9.59 Å². The summed E-state index contributed by atoms with van der Waals surface area (Å²) >= 11 is 0. The van der Waals surface area contributed by atoms with Gasteiger partial charge in [-0.15, -0.1) is 0 Å². The molecule has 0 fully saturated rings. The number of methoxy groups -OCH3 is 2. The van der Waals surface area contributed by atoms with Gasteiger partial charge in [0, 0.05) is 18.2 Å². The highest BCUT2D eigenvalue weighted by Gasteiger charge is 2.20. The predicted molar refractivity (Wildman–Crippen MR) is 108 cm³/mol. The van der Waals surface area contributed by atoms with E-state index in [1.165, 1.54) is 18.9 Å². The third-order valence-electron chi connectivity index (χ3n) is 4.81. The van der Waals surface area contributed by atoms with Crippen molar-refractivity contribution < 1.29 is 14.3 Å². The Morgan fingerprint density at radius 3 is 2.11 bits per heavy atom. The standard InChI is InChI=1S/C21H23N3O4/c1-13-17(27-4)11-15(12-18(13)28-5)20(25)22-19-14(2)23(3)24(21(19)26)16-9-7-6-8-10-16/h6-12H,1-5H3,(H,22,25). The molecule has 7 nitrogen and oxygen atoms in total. The van der Waals surface area contributed by atoms with Crippen LogP contribution in [0.5, 0.6) is 11.5 Å². The number of aromatic nitrogens is 2. The van der Waals surface area contributed by atoms with Gasteiger partial charge in [-0.3, -0.25) is 14.3 Å². The molecule has 146 valence electrons. The molecule has 0 unspecified atom stereocenters. The summed E-state index contributed by atoms with van der Waals surface area (Å²) in [5, 5.41) is 2.74. The van der Waals surface area contributed by atoms with Crippen molar-refractivity contribution in [2.24, 2.45) is 7.05 Å². The molecule has 0 bridgehead atoms. The Kier molecular flexibility index (Phi) is 5.26. The quantitative estimate of drug-likeness (QED) is 0.737. The number of carbonyl (C=O) groups is 1. The van der Waals surface area contributed by atoms with E-state index in [-0.39, 0.29) is 11.2 Å². The summed E-state index contributed by atoms with van der Waals surface area (Å²) in [6.45, 7) is 3.63. The van der Waals surface area contributed by atoms with Gasteiger partial charge in [0.25, 0.3) is 11.5 Å². The first-order valence-corrected chi connectivity index (χ1v) is 8.77. The van der Waals surface area contributed by atoms with E-state index in [2.05, 4.69) is 5.32 Å². The normalized spacial score (nSPS) is 10.6. The second-order valence-electron chi connectivity index (χ2n) is 6.40. The molecular weight excluding hydrogens is 358 g/mol. The Morgan fingerprint density at radius 1 is 1.00 bits per heavy atom. The molecule has 3 aromatic rings. The van der Waals surface area contributed by atoms with Gasteiger partial charge in [0.15, 0.2) is 0 Å². The minimum atomic E-state index is -0.414. The van der Waals surface area contributed by atoms with Crippen LogP contribution in [-0.2, 0) is 7.05 Å². The number of rotatable bonds is 5. The monoisotopic (exact) mass is 381 g/mol. The smallest absolute Gasteiger partial charge is 0.295 e. The summed E-state index contributed by atoms with van der Waals surface area (Å²) in [6.07, 6.45) is 0. The Bertz CT molecular complexity index is 1060. The molecule has 2 aromatic carbocycles. The van der Waals surface area contributed by atoms with Crippen LogP contribution >= 0.6 is 0 Å². The number of nitrogens with zero attached hydrogens (tertiary/aromatic N) is 2. The average molecular weight is 381 g/mol. The fraction of sp³-hybridized carbons (Fsp3) is 0.238. The van der Waals surface area contributed by atoms with Crippen molar-refractivity contribution in [3.8, 4) is 17.2 Å². The number of para-hydroxylation sites is 1. The number of benzene rings is 2. The third-order valence-corrected chi connectivity index (χ3v) is 4.81. The zero-order valence-corrected chi connectivity index (χ0v) is 16.6. The lowest BCUT2D eigenvalue weighted by atomic mass is 10.1. The Hall–Kier alpha value is -3.48. The van der Waals surface area contributed by atoms with Crippen molar-refractivity contribution in [2.75, 3.05) is 19.5 Å². The van der Waals surface area contributed by atoms with Crippen LogP contribution in [0.2, 0.25) is 0 Å². The summed E-state index contributed by atoms with van der Waals surface area (Å²) in [5.41, 5.74) is 2.43. The van der Waals surface area contributed by atoms with E-state index in [0.717, 1.165) is 11.3 Å². The molecule has 0 spiro atoms. The van der Waals surface area contributed by atoms with Gasteiger partial charge in [0.1, 0.15) is 17.2 Å². The maximum atomic E-state index is 13.0. The largest absolute Gasteiger partial charge is 0.496 e. The van der Waals surface area contributed by atoms with Crippen LogP contribution in [0.25, 0.3) is 5.69 Å². The molecule has 0 saturated carbocycles. The van der Waals surface area contributed by atoms with Gasteiger partial charge in [-0.2, -0.15) is 0 Å². The molecule has 0 aliphatic heterocycles. The van der Waals surface area contributed by atoms with Crippen molar-refractivity contribution >= 4 is 11.6 Å². The van der Waals surface area contributed by atoms with Crippen LogP contribution in [0, 0.1) is 13.8 Å². The fourth-order valence-electron chi connectivity index (χ4n) is 3.12. The molecule has 0 aliphatic rings. The van der Waals surface area contributed by atoms with Crippen molar-refractivity contribution in [3.63, 3.8) is 0 Å². The van der Waals surface area contributed by atoms with Gasteiger partial charge in [0.2, 0.25) is 0 Å². The average Bonchev–Trinajstić information content (AvgIpc) is 2.92. The van der Waals surface area contributed by atoms with E-state index >= 15 is 0 Å². The van der Waals surface area contributed by atoms with Crippen molar-refractivity contribution in [3.05, 3.63) is 69.6 Å². The zero-order valence-electron chi connectivity index (χ0n) is 16.6. The number of carbonyl (C=O) groups excluding carboxylic acids is 1. The Labute approximate surface area is 163 Å². The molecule has 1 N–H and O–H groups in total. The predicted octanol–water partition coefficient (Wildman–Crippen LogP) is 3.06. The molecule has 1 aromatic heterocycles. The van der Waals surface area contributed by atoms with Crippen LogP contribution in [0.15, 0.2) is 47.3 Å². The SMILES string of the molecule is COc1cc(C(=O)Nc2c(C)n(C)n(-c3ccccc3)c2=O)cc(OC)c1C. The van der Waals surface area contributed by atoms with Crippen LogP contribution < -0.4 is 20.3 Å². The van der Waals surface area contributed by atoms with Gasteiger partial charge < -0.3 is 14.8 Å². The summed E-state index contributed by atoms with van der Waals surface area (Å²) in [4.78, 5) is 25.8. The summed E-state index contributed by atoms with van der Waals surface area (Å²) in [5.74, 6) is 0.662. The first-order valence-electron chi connectivity index (χ1n) is 8.77. The van der Waals surface area contributed by atoms with Crippen LogP contribution in [0.3, 0.4) is 0 Å². The summed E-state index contributed by atoms with van der Waals surface area (Å²) in [6, 6.07) is 12.5. The number of ether oxygens (including phenoxy) is 2. The van der Waals surface area contributed by atoms with E-state index < -0.39 is 5.91 Å². The molecule has 28 heavy (non-hydrogen) atoms. The van der Waals surface area contributed by atoms with Gasteiger partial charge in [0.05, 0.1) is 25.6 Å². The van der Waals surface area contributed by atoms with Gasteiger partial charge in [-0.1, -0.05) is 18.2 Å². The molecule has 7 heteroatoms. The number of hydrogen-bond donors (Lipinski definition) is 1. The molecule has 1 heterocycles. The number of anilines is 1. The number of amides is 1. The van der Waals surface area contributed by atoms with E-state index in [0.29, 0.717) is 22.8 Å². The minimum Gasteiger partial charge on any atom is -0.496 e. The van der Waals surface area contributed by atoms with Crippen molar-refractivity contribution in [2.45, 2.75) is 13.8 Å². The molecule has 3 rings (SSSR count). The summed E-state index contributed by atoms with van der Waals surface area (Å²) < 4.78 is 13.9. The lowest BCUT2D eigenvalue weighted by molar-refractivity contribution is 0.102. The van der Waals surface area contributed by atoms with Gasteiger partial charge in [-0.05, 0) is 38.1 Å². The maximum Gasteiger partial charge on any atom is 0.295 e. The highest BCUT2D eigenvalue weighted by Crippen LogP contribution is 2.29. The minimum absolute atomic E-state index is 0.231. The third kappa shape index (κ3) is 3.26.